The quantitative estimate of drug-likeness (QED) is 0.748. The highest BCUT2D eigenvalue weighted by atomic mass is 32.2. The van der Waals surface area contributed by atoms with Crippen LogP contribution in [0, 0.1) is 5.92 Å². The molecule has 1 aromatic carbocycles. The fourth-order valence-electron chi connectivity index (χ4n) is 1.50. The van der Waals surface area contributed by atoms with Crippen LogP contribution in [0.3, 0.4) is 0 Å². The monoisotopic (exact) mass is 239 g/mol. The normalized spacial score (nSPS) is 13.1. The summed E-state index contributed by atoms with van der Waals surface area (Å²) < 4.78 is 0. The first kappa shape index (κ1) is 13.6. The van der Waals surface area contributed by atoms with E-state index in [4.69, 9.17) is 0 Å². The van der Waals surface area contributed by atoms with Gasteiger partial charge in [0.1, 0.15) is 0 Å². The van der Waals surface area contributed by atoms with Crippen molar-refractivity contribution in [1.29, 1.82) is 0 Å². The SMILES string of the molecule is CSc1ccc(CN[C@H](CO)C(C)C)cc1. The molecule has 2 nitrogen and oxygen atoms in total. The van der Waals surface area contributed by atoms with Crippen LogP contribution < -0.4 is 5.32 Å². The zero-order valence-corrected chi connectivity index (χ0v) is 11.1. The number of benzene rings is 1. The molecule has 0 heterocycles. The summed E-state index contributed by atoms with van der Waals surface area (Å²) in [6.45, 7) is 5.24. The Morgan fingerprint density at radius 2 is 1.88 bits per heavy atom. The molecule has 1 rings (SSSR count). The van der Waals surface area contributed by atoms with Gasteiger partial charge in [0.15, 0.2) is 0 Å². The zero-order valence-electron chi connectivity index (χ0n) is 10.2. The Hall–Kier alpha value is -0.510. The van der Waals surface area contributed by atoms with E-state index in [9.17, 15) is 5.11 Å². The summed E-state index contributed by atoms with van der Waals surface area (Å²) in [4.78, 5) is 1.28. The van der Waals surface area contributed by atoms with E-state index in [2.05, 4.69) is 49.7 Å². The summed E-state index contributed by atoms with van der Waals surface area (Å²) >= 11 is 1.75. The molecule has 3 heteroatoms. The fraction of sp³-hybridized carbons (Fsp3) is 0.538. The molecule has 0 bridgehead atoms. The van der Waals surface area contributed by atoms with Crippen molar-refractivity contribution < 1.29 is 5.11 Å². The van der Waals surface area contributed by atoms with Crippen molar-refractivity contribution in [2.24, 2.45) is 5.92 Å². The van der Waals surface area contributed by atoms with Crippen LogP contribution >= 0.6 is 11.8 Å². The maximum Gasteiger partial charge on any atom is 0.0587 e. The molecule has 0 fully saturated rings. The van der Waals surface area contributed by atoms with Gasteiger partial charge in [-0.3, -0.25) is 0 Å². The van der Waals surface area contributed by atoms with Crippen LogP contribution in [0.1, 0.15) is 19.4 Å². The van der Waals surface area contributed by atoms with Gasteiger partial charge < -0.3 is 10.4 Å². The lowest BCUT2D eigenvalue weighted by molar-refractivity contribution is 0.210. The average Bonchev–Trinajstić information content (AvgIpc) is 2.30. The molecule has 0 spiro atoms. The molecule has 0 saturated heterocycles. The van der Waals surface area contributed by atoms with Crippen LogP contribution in [-0.2, 0) is 6.54 Å². The summed E-state index contributed by atoms with van der Waals surface area (Å²) in [5, 5.41) is 12.6. The van der Waals surface area contributed by atoms with Crippen molar-refractivity contribution in [3.05, 3.63) is 29.8 Å². The van der Waals surface area contributed by atoms with Crippen molar-refractivity contribution >= 4 is 11.8 Å². The van der Waals surface area contributed by atoms with Gasteiger partial charge in [0, 0.05) is 17.5 Å². The van der Waals surface area contributed by atoms with E-state index in [0.29, 0.717) is 5.92 Å². The van der Waals surface area contributed by atoms with E-state index >= 15 is 0 Å². The van der Waals surface area contributed by atoms with Crippen LogP contribution in [0.4, 0.5) is 0 Å². The van der Waals surface area contributed by atoms with E-state index < -0.39 is 0 Å². The van der Waals surface area contributed by atoms with Crippen LogP contribution in [0.5, 0.6) is 0 Å². The van der Waals surface area contributed by atoms with Gasteiger partial charge in [-0.1, -0.05) is 26.0 Å². The highest BCUT2D eigenvalue weighted by Crippen LogP contribution is 2.15. The van der Waals surface area contributed by atoms with Crippen LogP contribution in [0.2, 0.25) is 0 Å². The minimum atomic E-state index is 0.181. The van der Waals surface area contributed by atoms with Gasteiger partial charge in [-0.15, -0.1) is 11.8 Å². The third-order valence-electron chi connectivity index (χ3n) is 2.73. The molecular weight excluding hydrogens is 218 g/mol. The molecule has 0 aliphatic rings. The number of hydrogen-bond acceptors (Lipinski definition) is 3. The number of nitrogens with one attached hydrogen (secondary N) is 1. The first-order valence-electron chi connectivity index (χ1n) is 5.64. The van der Waals surface area contributed by atoms with Gasteiger partial charge in [-0.2, -0.15) is 0 Å². The van der Waals surface area contributed by atoms with Crippen molar-refractivity contribution in [3.8, 4) is 0 Å². The zero-order chi connectivity index (χ0) is 12.0. The average molecular weight is 239 g/mol. The molecule has 0 unspecified atom stereocenters. The maximum atomic E-state index is 9.19. The van der Waals surface area contributed by atoms with Gasteiger partial charge >= 0.3 is 0 Å². The van der Waals surface area contributed by atoms with E-state index in [0.717, 1.165) is 6.54 Å². The first-order chi connectivity index (χ1) is 7.67. The molecule has 0 amide bonds. The molecule has 0 saturated carbocycles. The molecule has 0 aliphatic carbocycles. The van der Waals surface area contributed by atoms with Crippen molar-refractivity contribution in [1.82, 2.24) is 5.32 Å². The van der Waals surface area contributed by atoms with Gasteiger partial charge in [-0.25, -0.2) is 0 Å². The number of aliphatic hydroxyl groups is 1. The Kier molecular flexibility index (Phi) is 5.88. The van der Waals surface area contributed by atoms with E-state index in [1.165, 1.54) is 10.5 Å². The maximum absolute atomic E-state index is 9.19. The Balaban J connectivity index is 2.47. The van der Waals surface area contributed by atoms with Crippen molar-refractivity contribution in [3.63, 3.8) is 0 Å². The smallest absolute Gasteiger partial charge is 0.0587 e. The third-order valence-corrected chi connectivity index (χ3v) is 3.47. The van der Waals surface area contributed by atoms with Crippen LogP contribution in [0.15, 0.2) is 29.2 Å². The number of aliphatic hydroxyl groups excluding tert-OH is 1. The lowest BCUT2D eigenvalue weighted by atomic mass is 10.1. The molecule has 2 N–H and O–H groups in total. The van der Waals surface area contributed by atoms with Crippen LogP contribution in [0.25, 0.3) is 0 Å². The van der Waals surface area contributed by atoms with Crippen molar-refractivity contribution in [2.75, 3.05) is 12.9 Å². The Bertz CT molecular complexity index is 297. The summed E-state index contributed by atoms with van der Waals surface area (Å²) in [5.74, 6) is 0.454. The molecule has 90 valence electrons. The topological polar surface area (TPSA) is 32.3 Å². The largest absolute Gasteiger partial charge is 0.395 e. The van der Waals surface area contributed by atoms with E-state index in [1.54, 1.807) is 11.8 Å². The Labute approximate surface area is 102 Å². The summed E-state index contributed by atoms with van der Waals surface area (Å²) in [7, 11) is 0. The fourth-order valence-corrected chi connectivity index (χ4v) is 1.91. The lowest BCUT2D eigenvalue weighted by Crippen LogP contribution is -2.36. The predicted octanol–water partition coefficient (Wildman–Crippen LogP) is 2.52. The summed E-state index contributed by atoms with van der Waals surface area (Å²) in [5.41, 5.74) is 1.26. The molecule has 1 aromatic rings. The number of hydrogen-bond donors (Lipinski definition) is 2. The second kappa shape index (κ2) is 6.94. The lowest BCUT2D eigenvalue weighted by Gasteiger charge is -2.19. The standard InChI is InChI=1S/C13H21NOS/c1-10(2)13(9-15)14-8-11-4-6-12(16-3)7-5-11/h4-7,10,13-15H,8-9H2,1-3H3/t13-/m1/s1. The molecule has 0 aromatic heterocycles. The van der Waals surface area contributed by atoms with Gasteiger partial charge in [0.25, 0.3) is 0 Å². The third kappa shape index (κ3) is 4.16. The van der Waals surface area contributed by atoms with Crippen LogP contribution in [-0.4, -0.2) is 24.0 Å². The van der Waals surface area contributed by atoms with E-state index in [-0.39, 0.29) is 12.6 Å². The molecule has 0 radical (unpaired) electrons. The minimum Gasteiger partial charge on any atom is -0.395 e. The van der Waals surface area contributed by atoms with Crippen molar-refractivity contribution in [2.45, 2.75) is 31.3 Å². The Morgan fingerprint density at radius 1 is 1.25 bits per heavy atom. The summed E-state index contributed by atoms with van der Waals surface area (Å²) in [6.07, 6.45) is 2.08. The molecule has 0 aliphatic heterocycles. The molecular formula is C13H21NOS. The second-order valence-corrected chi connectivity index (χ2v) is 5.14. The predicted molar refractivity (Wildman–Crippen MR) is 70.8 cm³/mol. The van der Waals surface area contributed by atoms with Gasteiger partial charge in [0.2, 0.25) is 0 Å². The second-order valence-electron chi connectivity index (χ2n) is 4.26. The summed E-state index contributed by atoms with van der Waals surface area (Å²) in [6, 6.07) is 8.71. The first-order valence-corrected chi connectivity index (χ1v) is 6.87. The van der Waals surface area contributed by atoms with Gasteiger partial charge in [-0.05, 0) is 29.9 Å². The Morgan fingerprint density at radius 3 is 2.31 bits per heavy atom. The highest BCUT2D eigenvalue weighted by molar-refractivity contribution is 7.98. The number of rotatable bonds is 6. The number of thioether (sulfide) groups is 1. The molecule has 1 atom stereocenters. The van der Waals surface area contributed by atoms with Gasteiger partial charge in [0.05, 0.1) is 6.61 Å². The highest BCUT2D eigenvalue weighted by Gasteiger charge is 2.10. The minimum absolute atomic E-state index is 0.181. The van der Waals surface area contributed by atoms with E-state index in [1.807, 2.05) is 0 Å². The molecule has 16 heavy (non-hydrogen) atoms.